The van der Waals surface area contributed by atoms with E-state index in [1.165, 1.54) is 12.5 Å². The third-order valence-corrected chi connectivity index (χ3v) is 4.07. The van der Waals surface area contributed by atoms with Crippen molar-refractivity contribution in [1.29, 1.82) is 10.7 Å². The molecule has 26 heavy (non-hydrogen) atoms. The molecule has 0 aliphatic rings. The standard InChI is InChI=1S/C18H16N6O2/c1-10-11(6-19)8-24(2)17(10)18(25)23-13-3-4-15(20)14(5-13)16(21)12-7-22-26-9-12/h3-5,7-9,21H,20H2,1-2H3,(H,23,25). The molecular formula is C18H16N6O2. The fraction of sp³-hybridized carbons (Fsp3) is 0.111. The molecule has 130 valence electrons. The van der Waals surface area contributed by atoms with Crippen molar-refractivity contribution in [3.63, 3.8) is 0 Å². The minimum Gasteiger partial charge on any atom is -0.398 e. The smallest absolute Gasteiger partial charge is 0.272 e. The number of nitriles is 1. The van der Waals surface area contributed by atoms with Crippen LogP contribution in [0.5, 0.6) is 0 Å². The molecule has 2 aromatic heterocycles. The van der Waals surface area contributed by atoms with Crippen LogP contribution in [-0.4, -0.2) is 21.3 Å². The van der Waals surface area contributed by atoms with Gasteiger partial charge in [-0.2, -0.15) is 5.26 Å². The van der Waals surface area contributed by atoms with E-state index >= 15 is 0 Å². The molecule has 3 aromatic rings. The number of aryl methyl sites for hydroxylation is 1. The molecule has 0 bridgehead atoms. The van der Waals surface area contributed by atoms with Crippen LogP contribution in [0.4, 0.5) is 11.4 Å². The number of amides is 1. The van der Waals surface area contributed by atoms with Crippen LogP contribution in [0.2, 0.25) is 0 Å². The zero-order chi connectivity index (χ0) is 18.8. The maximum absolute atomic E-state index is 12.6. The predicted octanol–water partition coefficient (Wildman–Crippen LogP) is 2.44. The van der Waals surface area contributed by atoms with Gasteiger partial charge in [0.05, 0.1) is 23.0 Å². The lowest BCUT2D eigenvalue weighted by molar-refractivity contribution is 0.101. The number of carbonyl (C=O) groups excluding carboxylic acids is 1. The van der Waals surface area contributed by atoms with E-state index in [0.29, 0.717) is 39.3 Å². The first kappa shape index (κ1) is 17.0. The van der Waals surface area contributed by atoms with Gasteiger partial charge in [0.15, 0.2) is 0 Å². The van der Waals surface area contributed by atoms with Gasteiger partial charge >= 0.3 is 0 Å². The minimum absolute atomic E-state index is 0.140. The maximum Gasteiger partial charge on any atom is 0.272 e. The van der Waals surface area contributed by atoms with Gasteiger partial charge in [0.2, 0.25) is 0 Å². The SMILES string of the molecule is Cc1c(C#N)cn(C)c1C(=O)Nc1ccc(N)c(C(=N)c2cnoc2)c1. The summed E-state index contributed by atoms with van der Waals surface area (Å²) in [5, 5.41) is 23.7. The number of benzene rings is 1. The van der Waals surface area contributed by atoms with Crippen LogP contribution >= 0.6 is 0 Å². The van der Waals surface area contributed by atoms with E-state index in [4.69, 9.17) is 20.9 Å². The second-order valence-corrected chi connectivity index (χ2v) is 5.78. The van der Waals surface area contributed by atoms with Crippen molar-refractivity contribution >= 4 is 23.0 Å². The lowest BCUT2D eigenvalue weighted by Gasteiger charge is -2.11. The Hall–Kier alpha value is -3.86. The number of anilines is 2. The van der Waals surface area contributed by atoms with Gasteiger partial charge in [-0.1, -0.05) is 5.16 Å². The molecule has 0 fully saturated rings. The molecule has 1 aromatic carbocycles. The molecule has 1 amide bonds. The van der Waals surface area contributed by atoms with Crippen LogP contribution in [0.3, 0.4) is 0 Å². The third kappa shape index (κ3) is 2.93. The molecule has 0 atom stereocenters. The molecule has 0 aliphatic carbocycles. The Kier molecular flexibility index (Phi) is 4.29. The van der Waals surface area contributed by atoms with Gasteiger partial charge in [-0.25, -0.2) is 0 Å². The van der Waals surface area contributed by atoms with Gasteiger partial charge < -0.3 is 20.1 Å². The average molecular weight is 348 g/mol. The fourth-order valence-corrected chi connectivity index (χ4v) is 2.71. The monoisotopic (exact) mass is 348 g/mol. The summed E-state index contributed by atoms with van der Waals surface area (Å²) < 4.78 is 6.37. The molecule has 2 heterocycles. The molecule has 0 saturated heterocycles. The van der Waals surface area contributed by atoms with Gasteiger partial charge in [0.25, 0.3) is 5.91 Å². The van der Waals surface area contributed by atoms with Gasteiger partial charge in [0.1, 0.15) is 18.0 Å². The Morgan fingerprint density at radius 2 is 2.23 bits per heavy atom. The normalized spacial score (nSPS) is 10.3. The number of carbonyl (C=O) groups is 1. The second kappa shape index (κ2) is 6.57. The van der Waals surface area contributed by atoms with Crippen LogP contribution in [0.25, 0.3) is 0 Å². The summed E-state index contributed by atoms with van der Waals surface area (Å²) in [6.07, 6.45) is 4.38. The van der Waals surface area contributed by atoms with Gasteiger partial charge in [-0.3, -0.25) is 10.2 Å². The number of nitrogens with one attached hydrogen (secondary N) is 2. The van der Waals surface area contributed by atoms with Crippen molar-refractivity contribution in [3.8, 4) is 6.07 Å². The summed E-state index contributed by atoms with van der Waals surface area (Å²) >= 11 is 0. The van der Waals surface area contributed by atoms with Gasteiger partial charge in [0, 0.05) is 30.2 Å². The van der Waals surface area contributed by atoms with Crippen molar-refractivity contribution in [1.82, 2.24) is 9.72 Å². The van der Waals surface area contributed by atoms with Crippen LogP contribution in [0.1, 0.15) is 32.7 Å². The molecule has 0 unspecified atom stereocenters. The highest BCUT2D eigenvalue weighted by atomic mass is 16.5. The van der Waals surface area contributed by atoms with Gasteiger partial charge in [-0.15, -0.1) is 0 Å². The van der Waals surface area contributed by atoms with Crippen molar-refractivity contribution in [2.75, 3.05) is 11.1 Å². The number of hydrogen-bond donors (Lipinski definition) is 3. The number of nitrogens with zero attached hydrogens (tertiary/aromatic N) is 3. The summed E-state index contributed by atoms with van der Waals surface area (Å²) in [5.74, 6) is -0.348. The van der Waals surface area contributed by atoms with Crippen LogP contribution < -0.4 is 11.1 Å². The topological polar surface area (TPSA) is 134 Å². The largest absolute Gasteiger partial charge is 0.398 e. The fourth-order valence-electron chi connectivity index (χ4n) is 2.71. The first-order valence-electron chi connectivity index (χ1n) is 7.68. The van der Waals surface area contributed by atoms with Gasteiger partial charge in [-0.05, 0) is 30.7 Å². The summed E-state index contributed by atoms with van der Waals surface area (Å²) in [6.45, 7) is 1.73. The predicted molar refractivity (Wildman–Crippen MR) is 96.1 cm³/mol. The molecule has 0 saturated carbocycles. The zero-order valence-corrected chi connectivity index (χ0v) is 14.2. The first-order valence-corrected chi connectivity index (χ1v) is 7.68. The summed E-state index contributed by atoms with van der Waals surface area (Å²) in [5.41, 5.74) is 9.38. The third-order valence-electron chi connectivity index (χ3n) is 4.07. The Bertz CT molecular complexity index is 1040. The van der Waals surface area contributed by atoms with E-state index in [2.05, 4.69) is 16.5 Å². The quantitative estimate of drug-likeness (QED) is 0.492. The number of rotatable bonds is 4. The van der Waals surface area contributed by atoms with Crippen LogP contribution in [0, 0.1) is 23.7 Å². The number of nitrogens with two attached hydrogens (primary N) is 1. The molecular weight excluding hydrogens is 332 g/mol. The molecule has 3 rings (SSSR count). The molecule has 8 nitrogen and oxygen atoms in total. The molecule has 0 radical (unpaired) electrons. The number of nitrogen functional groups attached to an aromatic ring is 1. The number of hydrogen-bond acceptors (Lipinski definition) is 6. The number of aromatic nitrogens is 2. The van der Waals surface area contributed by atoms with E-state index in [9.17, 15) is 4.79 Å². The average Bonchev–Trinajstić information content (AvgIpc) is 3.24. The van der Waals surface area contributed by atoms with E-state index in [1.54, 1.807) is 42.9 Å². The van der Waals surface area contributed by atoms with Crippen molar-refractivity contribution in [3.05, 3.63) is 64.8 Å². The van der Waals surface area contributed by atoms with Crippen molar-refractivity contribution in [2.24, 2.45) is 7.05 Å². The Morgan fingerprint density at radius 3 is 2.85 bits per heavy atom. The molecule has 4 N–H and O–H groups in total. The highest BCUT2D eigenvalue weighted by Gasteiger charge is 2.18. The van der Waals surface area contributed by atoms with E-state index in [0.717, 1.165) is 0 Å². The summed E-state index contributed by atoms with van der Waals surface area (Å²) in [6, 6.07) is 6.95. The Labute approximate surface area is 149 Å². The Morgan fingerprint density at radius 1 is 1.46 bits per heavy atom. The van der Waals surface area contributed by atoms with E-state index in [-0.39, 0.29) is 11.6 Å². The lowest BCUT2D eigenvalue weighted by Crippen LogP contribution is -2.17. The molecule has 0 aliphatic heterocycles. The first-order chi connectivity index (χ1) is 12.4. The summed E-state index contributed by atoms with van der Waals surface area (Å²) in [7, 11) is 1.71. The maximum atomic E-state index is 12.6. The molecule has 8 heteroatoms. The van der Waals surface area contributed by atoms with E-state index in [1.807, 2.05) is 0 Å². The lowest BCUT2D eigenvalue weighted by atomic mass is 10.0. The van der Waals surface area contributed by atoms with Crippen molar-refractivity contribution < 1.29 is 9.32 Å². The summed E-state index contributed by atoms with van der Waals surface area (Å²) in [4.78, 5) is 12.6. The van der Waals surface area contributed by atoms with Crippen LogP contribution in [0.15, 0.2) is 41.4 Å². The zero-order valence-electron chi connectivity index (χ0n) is 14.2. The highest BCUT2D eigenvalue weighted by Crippen LogP contribution is 2.23. The van der Waals surface area contributed by atoms with Crippen molar-refractivity contribution in [2.45, 2.75) is 6.92 Å². The van der Waals surface area contributed by atoms with E-state index < -0.39 is 0 Å². The molecule has 0 spiro atoms. The second-order valence-electron chi connectivity index (χ2n) is 5.78. The van der Waals surface area contributed by atoms with Crippen LogP contribution in [-0.2, 0) is 7.05 Å². The highest BCUT2D eigenvalue weighted by molar-refractivity contribution is 6.14. The minimum atomic E-state index is -0.348. The Balaban J connectivity index is 1.91.